The topological polar surface area (TPSA) is 57.0 Å². The summed E-state index contributed by atoms with van der Waals surface area (Å²) in [6, 6.07) is 10.4. The van der Waals surface area contributed by atoms with Crippen molar-refractivity contribution in [3.05, 3.63) is 47.3 Å². The molecule has 2 heterocycles. The zero-order valence-electron chi connectivity index (χ0n) is 13.2. The number of aromatic nitrogens is 3. The molecule has 0 bridgehead atoms. The molecule has 1 aromatic heterocycles. The van der Waals surface area contributed by atoms with Crippen molar-refractivity contribution in [1.82, 2.24) is 15.0 Å². The molecule has 5 heteroatoms. The lowest BCUT2D eigenvalue weighted by Crippen LogP contribution is -2.26. The van der Waals surface area contributed by atoms with Crippen molar-refractivity contribution < 1.29 is 9.53 Å². The smallest absolute Gasteiger partial charge is 0.361 e. The fourth-order valence-corrected chi connectivity index (χ4v) is 2.85. The summed E-state index contributed by atoms with van der Waals surface area (Å²) in [6.45, 7) is 5.56. The summed E-state index contributed by atoms with van der Waals surface area (Å²) in [4.78, 5) is 12.3. The number of benzene rings is 1. The first-order valence-corrected chi connectivity index (χ1v) is 7.68. The summed E-state index contributed by atoms with van der Waals surface area (Å²) in [7, 11) is 0. The number of ether oxygens (including phenoxy) is 1. The summed E-state index contributed by atoms with van der Waals surface area (Å²) < 4.78 is 7.32. The van der Waals surface area contributed by atoms with Crippen molar-refractivity contribution in [2.45, 2.75) is 51.7 Å². The number of nitrogens with zero attached hydrogens (tertiary/aromatic N) is 3. The van der Waals surface area contributed by atoms with E-state index in [1.54, 1.807) is 0 Å². The van der Waals surface area contributed by atoms with Gasteiger partial charge in [0.25, 0.3) is 0 Å². The van der Waals surface area contributed by atoms with Crippen LogP contribution in [-0.2, 0) is 11.2 Å². The highest BCUT2D eigenvalue weighted by molar-refractivity contribution is 5.88. The summed E-state index contributed by atoms with van der Waals surface area (Å²) in [5.41, 5.74) is 1.91. The number of carbonyl (C=O) groups is 1. The molecule has 1 aliphatic heterocycles. The molecule has 22 heavy (non-hydrogen) atoms. The largest absolute Gasteiger partial charge is 0.455 e. The van der Waals surface area contributed by atoms with Crippen LogP contribution in [0.4, 0.5) is 0 Å². The predicted octanol–water partition coefficient (Wildman–Crippen LogP) is 3.16. The second-order valence-corrected chi connectivity index (χ2v) is 6.65. The number of hydrogen-bond acceptors (Lipinski definition) is 4. The molecule has 0 spiro atoms. The Hall–Kier alpha value is -2.17. The molecule has 5 nitrogen and oxygen atoms in total. The van der Waals surface area contributed by atoms with E-state index in [2.05, 4.69) is 22.4 Å². The Bertz CT molecular complexity index is 671. The third kappa shape index (κ3) is 2.89. The lowest BCUT2D eigenvalue weighted by atomic mass is 9.96. The van der Waals surface area contributed by atoms with E-state index < -0.39 is 5.60 Å². The Morgan fingerprint density at radius 3 is 2.68 bits per heavy atom. The standard InChI is InChI=1S/C17H21N3O2/c1-17(2,3)22-16(21)15-14-11-7-10-13(20(14)19-18-15)12-8-5-4-6-9-12/h4-6,8-9,13H,7,10-11H2,1-3H3. The van der Waals surface area contributed by atoms with Gasteiger partial charge in [0.15, 0.2) is 5.69 Å². The maximum atomic E-state index is 12.3. The van der Waals surface area contributed by atoms with Crippen molar-refractivity contribution in [3.8, 4) is 0 Å². The molecule has 1 unspecified atom stereocenters. The van der Waals surface area contributed by atoms with E-state index in [4.69, 9.17) is 4.74 Å². The quantitative estimate of drug-likeness (QED) is 0.799. The SMILES string of the molecule is CC(C)(C)OC(=O)c1nnn2c1CCCC2c1ccccc1. The third-order valence-corrected chi connectivity index (χ3v) is 3.75. The highest BCUT2D eigenvalue weighted by atomic mass is 16.6. The van der Waals surface area contributed by atoms with Crippen LogP contribution in [0.2, 0.25) is 0 Å². The Kier molecular flexibility index (Phi) is 3.72. The van der Waals surface area contributed by atoms with Crippen LogP contribution < -0.4 is 0 Å². The monoisotopic (exact) mass is 299 g/mol. The Balaban J connectivity index is 1.93. The molecule has 0 radical (unpaired) electrons. The van der Waals surface area contributed by atoms with E-state index in [-0.39, 0.29) is 12.0 Å². The highest BCUT2D eigenvalue weighted by Gasteiger charge is 2.30. The molecule has 0 N–H and O–H groups in total. The van der Waals surface area contributed by atoms with Crippen molar-refractivity contribution in [1.29, 1.82) is 0 Å². The molecule has 0 amide bonds. The Labute approximate surface area is 130 Å². The highest BCUT2D eigenvalue weighted by Crippen LogP contribution is 2.31. The van der Waals surface area contributed by atoms with Gasteiger partial charge in [0.2, 0.25) is 0 Å². The van der Waals surface area contributed by atoms with Gasteiger partial charge in [0, 0.05) is 0 Å². The van der Waals surface area contributed by atoms with Gasteiger partial charge >= 0.3 is 5.97 Å². The second-order valence-electron chi connectivity index (χ2n) is 6.65. The van der Waals surface area contributed by atoms with Crippen LogP contribution in [0.5, 0.6) is 0 Å². The summed E-state index contributed by atoms with van der Waals surface area (Å²) in [5, 5.41) is 8.33. The van der Waals surface area contributed by atoms with Crippen molar-refractivity contribution >= 4 is 5.97 Å². The first-order valence-electron chi connectivity index (χ1n) is 7.68. The van der Waals surface area contributed by atoms with E-state index >= 15 is 0 Å². The number of rotatable bonds is 2. The summed E-state index contributed by atoms with van der Waals surface area (Å²) in [6.07, 6.45) is 2.84. The second kappa shape index (κ2) is 5.55. The minimum absolute atomic E-state index is 0.147. The zero-order valence-corrected chi connectivity index (χ0v) is 13.2. The van der Waals surface area contributed by atoms with Crippen molar-refractivity contribution in [2.75, 3.05) is 0 Å². The molecule has 0 aliphatic carbocycles. The van der Waals surface area contributed by atoms with E-state index in [1.807, 2.05) is 43.7 Å². The molecule has 0 saturated heterocycles. The maximum absolute atomic E-state index is 12.3. The average molecular weight is 299 g/mol. The number of hydrogen-bond donors (Lipinski definition) is 0. The lowest BCUT2D eigenvalue weighted by molar-refractivity contribution is 0.00612. The molecule has 2 aromatic rings. The van der Waals surface area contributed by atoms with E-state index in [0.717, 1.165) is 25.0 Å². The van der Waals surface area contributed by atoms with Gasteiger partial charge in [-0.05, 0) is 45.6 Å². The average Bonchev–Trinajstić information content (AvgIpc) is 2.90. The van der Waals surface area contributed by atoms with Crippen LogP contribution in [0, 0.1) is 0 Å². The van der Waals surface area contributed by atoms with Gasteiger partial charge in [-0.1, -0.05) is 35.5 Å². The molecule has 1 atom stereocenters. The van der Waals surface area contributed by atoms with Gasteiger partial charge in [-0.25, -0.2) is 9.48 Å². The molecule has 116 valence electrons. The normalized spacial score (nSPS) is 17.9. The zero-order chi connectivity index (χ0) is 15.7. The fourth-order valence-electron chi connectivity index (χ4n) is 2.85. The van der Waals surface area contributed by atoms with Gasteiger partial charge in [0.1, 0.15) is 5.60 Å². The van der Waals surface area contributed by atoms with Crippen LogP contribution in [0.15, 0.2) is 30.3 Å². The number of carbonyl (C=O) groups excluding carboxylic acids is 1. The van der Waals surface area contributed by atoms with E-state index in [1.165, 1.54) is 5.56 Å². The van der Waals surface area contributed by atoms with Crippen molar-refractivity contribution in [2.24, 2.45) is 0 Å². The van der Waals surface area contributed by atoms with E-state index in [9.17, 15) is 4.79 Å². The molecular formula is C17H21N3O2. The number of esters is 1. The summed E-state index contributed by atoms with van der Waals surface area (Å²) in [5.74, 6) is -0.387. The first kappa shape index (κ1) is 14.8. The van der Waals surface area contributed by atoms with Gasteiger partial charge in [0.05, 0.1) is 11.7 Å². The molecule has 0 saturated carbocycles. The Morgan fingerprint density at radius 1 is 1.27 bits per heavy atom. The van der Waals surface area contributed by atoms with Gasteiger partial charge in [-0.2, -0.15) is 0 Å². The molecule has 1 aromatic carbocycles. The van der Waals surface area contributed by atoms with E-state index in [0.29, 0.717) is 5.69 Å². The third-order valence-electron chi connectivity index (χ3n) is 3.75. The van der Waals surface area contributed by atoms with Gasteiger partial charge in [-0.15, -0.1) is 5.10 Å². The van der Waals surface area contributed by atoms with Gasteiger partial charge in [-0.3, -0.25) is 0 Å². The fraction of sp³-hybridized carbons (Fsp3) is 0.471. The van der Waals surface area contributed by atoms with Gasteiger partial charge < -0.3 is 4.74 Å². The lowest BCUT2D eigenvalue weighted by Gasteiger charge is -2.25. The van der Waals surface area contributed by atoms with Crippen LogP contribution >= 0.6 is 0 Å². The maximum Gasteiger partial charge on any atom is 0.361 e. The van der Waals surface area contributed by atoms with Crippen LogP contribution in [-0.4, -0.2) is 26.6 Å². The molecule has 3 rings (SSSR count). The van der Waals surface area contributed by atoms with Crippen LogP contribution in [0.3, 0.4) is 0 Å². The minimum atomic E-state index is -0.527. The Morgan fingerprint density at radius 2 is 2.00 bits per heavy atom. The minimum Gasteiger partial charge on any atom is -0.455 e. The van der Waals surface area contributed by atoms with Crippen LogP contribution in [0.1, 0.15) is 61.4 Å². The summed E-state index contributed by atoms with van der Waals surface area (Å²) >= 11 is 0. The first-order chi connectivity index (χ1) is 10.5. The van der Waals surface area contributed by atoms with Crippen molar-refractivity contribution in [3.63, 3.8) is 0 Å². The molecular weight excluding hydrogens is 278 g/mol. The molecule has 1 aliphatic rings. The number of fused-ring (bicyclic) bond motifs is 1. The van der Waals surface area contributed by atoms with Crippen LogP contribution in [0.25, 0.3) is 0 Å². The predicted molar refractivity (Wildman–Crippen MR) is 82.7 cm³/mol. The molecule has 0 fully saturated rings.